The van der Waals surface area contributed by atoms with Crippen LogP contribution in [-0.4, -0.2) is 22.7 Å². The van der Waals surface area contributed by atoms with Crippen LogP contribution >= 0.6 is 0 Å². The van der Waals surface area contributed by atoms with Gasteiger partial charge < -0.3 is 4.74 Å². The van der Waals surface area contributed by atoms with Gasteiger partial charge in [0, 0.05) is 5.56 Å². The number of carbonyl (C=O) groups is 1. The Balaban J connectivity index is 2.06. The van der Waals surface area contributed by atoms with Gasteiger partial charge in [0.1, 0.15) is 5.56 Å². The Hall–Kier alpha value is -3.21. The second kappa shape index (κ2) is 6.91. The standard InChI is InChI=1S/C19H16N2O3/c1-24-16-12-20-21(13-14-8-4-2-5-9-14)19(23)17(16)18(22)15-10-6-3-7-11-15/h2-12H,13H2,1H3. The summed E-state index contributed by atoms with van der Waals surface area (Å²) in [6, 6.07) is 18.1. The van der Waals surface area contributed by atoms with Crippen LogP contribution in [0.25, 0.3) is 0 Å². The Kier molecular flexibility index (Phi) is 4.52. The summed E-state index contributed by atoms with van der Waals surface area (Å²) in [5.74, 6) is -0.195. The summed E-state index contributed by atoms with van der Waals surface area (Å²) >= 11 is 0. The molecule has 0 aliphatic heterocycles. The first-order valence-corrected chi connectivity index (χ1v) is 7.48. The van der Waals surface area contributed by atoms with Crippen LogP contribution < -0.4 is 10.3 Å². The average molecular weight is 320 g/mol. The molecule has 3 aromatic rings. The normalized spacial score (nSPS) is 10.4. The lowest BCUT2D eigenvalue weighted by Gasteiger charge is -2.10. The van der Waals surface area contributed by atoms with Crippen LogP contribution in [0.15, 0.2) is 71.7 Å². The van der Waals surface area contributed by atoms with Crippen LogP contribution in [0, 0.1) is 0 Å². The minimum atomic E-state index is -0.466. The first-order chi connectivity index (χ1) is 11.7. The van der Waals surface area contributed by atoms with Gasteiger partial charge in [-0.1, -0.05) is 60.7 Å². The van der Waals surface area contributed by atoms with Gasteiger partial charge in [0.2, 0.25) is 5.78 Å². The van der Waals surface area contributed by atoms with Gasteiger partial charge in [0.05, 0.1) is 19.9 Å². The molecule has 0 atom stereocenters. The van der Waals surface area contributed by atoms with E-state index in [0.717, 1.165) is 5.56 Å². The fraction of sp³-hybridized carbons (Fsp3) is 0.105. The van der Waals surface area contributed by atoms with Crippen LogP contribution in [-0.2, 0) is 6.54 Å². The minimum absolute atomic E-state index is 0.00497. The topological polar surface area (TPSA) is 61.2 Å². The molecule has 24 heavy (non-hydrogen) atoms. The second-order valence-corrected chi connectivity index (χ2v) is 5.23. The van der Waals surface area contributed by atoms with E-state index in [1.165, 1.54) is 18.0 Å². The maximum atomic E-state index is 12.8. The molecule has 0 saturated carbocycles. The summed E-state index contributed by atoms with van der Waals surface area (Å²) in [4.78, 5) is 25.5. The molecule has 0 bridgehead atoms. The van der Waals surface area contributed by atoms with Crippen molar-refractivity contribution in [1.82, 2.24) is 9.78 Å². The molecule has 5 heteroatoms. The van der Waals surface area contributed by atoms with E-state index >= 15 is 0 Å². The zero-order valence-corrected chi connectivity index (χ0v) is 13.2. The molecule has 120 valence electrons. The number of carbonyl (C=O) groups excluding carboxylic acids is 1. The van der Waals surface area contributed by atoms with E-state index in [2.05, 4.69) is 5.10 Å². The second-order valence-electron chi connectivity index (χ2n) is 5.23. The molecule has 0 aliphatic rings. The smallest absolute Gasteiger partial charge is 0.282 e. The molecule has 0 N–H and O–H groups in total. The van der Waals surface area contributed by atoms with Crippen molar-refractivity contribution in [3.63, 3.8) is 0 Å². The van der Waals surface area contributed by atoms with Crippen LogP contribution in [0.1, 0.15) is 21.5 Å². The van der Waals surface area contributed by atoms with Crippen molar-refractivity contribution in [2.75, 3.05) is 7.11 Å². The Bertz CT molecular complexity index is 903. The van der Waals surface area contributed by atoms with E-state index < -0.39 is 5.56 Å². The summed E-state index contributed by atoms with van der Waals surface area (Å²) < 4.78 is 6.45. The third-order valence-electron chi connectivity index (χ3n) is 3.67. The van der Waals surface area contributed by atoms with Crippen LogP contribution in [0.3, 0.4) is 0 Å². The number of hydrogen-bond donors (Lipinski definition) is 0. The maximum Gasteiger partial charge on any atom is 0.282 e. The molecule has 0 aliphatic carbocycles. The lowest BCUT2D eigenvalue weighted by Crippen LogP contribution is -2.29. The molecule has 1 heterocycles. The Morgan fingerprint density at radius 3 is 2.29 bits per heavy atom. The number of ether oxygens (including phenoxy) is 1. The van der Waals surface area contributed by atoms with E-state index in [1.54, 1.807) is 24.3 Å². The van der Waals surface area contributed by atoms with Crippen molar-refractivity contribution >= 4 is 5.78 Å². The first-order valence-electron chi connectivity index (χ1n) is 7.48. The fourth-order valence-corrected chi connectivity index (χ4v) is 2.44. The molecule has 0 amide bonds. The SMILES string of the molecule is COc1cnn(Cc2ccccc2)c(=O)c1C(=O)c1ccccc1. The molecule has 2 aromatic carbocycles. The van der Waals surface area contributed by atoms with Gasteiger partial charge in [0.15, 0.2) is 5.75 Å². The number of nitrogens with zero attached hydrogens (tertiary/aromatic N) is 2. The summed E-state index contributed by atoms with van der Waals surface area (Å²) in [7, 11) is 1.42. The van der Waals surface area contributed by atoms with Crippen molar-refractivity contribution in [2.45, 2.75) is 6.54 Å². The van der Waals surface area contributed by atoms with Crippen molar-refractivity contribution in [3.8, 4) is 5.75 Å². The molecule has 5 nitrogen and oxygen atoms in total. The van der Waals surface area contributed by atoms with E-state index in [1.807, 2.05) is 36.4 Å². The van der Waals surface area contributed by atoms with Crippen molar-refractivity contribution < 1.29 is 9.53 Å². The third kappa shape index (κ3) is 3.10. The Labute approximate surface area is 139 Å². The zero-order chi connectivity index (χ0) is 16.9. The zero-order valence-electron chi connectivity index (χ0n) is 13.2. The number of methoxy groups -OCH3 is 1. The van der Waals surface area contributed by atoms with Crippen LogP contribution in [0.4, 0.5) is 0 Å². The van der Waals surface area contributed by atoms with E-state index in [0.29, 0.717) is 12.1 Å². The van der Waals surface area contributed by atoms with Crippen LogP contribution in [0.5, 0.6) is 5.75 Å². The van der Waals surface area contributed by atoms with Gasteiger partial charge in [-0.25, -0.2) is 4.68 Å². The molecular weight excluding hydrogens is 304 g/mol. The van der Waals surface area contributed by atoms with Gasteiger partial charge in [0.25, 0.3) is 5.56 Å². The summed E-state index contributed by atoms with van der Waals surface area (Å²) in [5.41, 5.74) is 0.891. The number of hydrogen-bond acceptors (Lipinski definition) is 4. The number of ketones is 1. The predicted octanol–water partition coefficient (Wildman–Crippen LogP) is 2.53. The highest BCUT2D eigenvalue weighted by Gasteiger charge is 2.21. The quantitative estimate of drug-likeness (QED) is 0.678. The molecule has 0 radical (unpaired) electrons. The molecule has 0 unspecified atom stereocenters. The van der Waals surface area contributed by atoms with Gasteiger partial charge >= 0.3 is 0 Å². The van der Waals surface area contributed by atoms with Gasteiger partial charge in [-0.05, 0) is 5.56 Å². The lowest BCUT2D eigenvalue weighted by atomic mass is 10.0. The minimum Gasteiger partial charge on any atom is -0.494 e. The average Bonchev–Trinajstić information content (AvgIpc) is 2.64. The molecule has 1 aromatic heterocycles. The van der Waals surface area contributed by atoms with Crippen molar-refractivity contribution in [2.24, 2.45) is 0 Å². The van der Waals surface area contributed by atoms with Gasteiger partial charge in [-0.15, -0.1) is 0 Å². The van der Waals surface area contributed by atoms with E-state index in [-0.39, 0.29) is 17.1 Å². The number of aromatic nitrogens is 2. The largest absolute Gasteiger partial charge is 0.494 e. The Morgan fingerprint density at radius 1 is 1.04 bits per heavy atom. The third-order valence-corrected chi connectivity index (χ3v) is 3.67. The van der Waals surface area contributed by atoms with Crippen LogP contribution in [0.2, 0.25) is 0 Å². The number of benzene rings is 2. The lowest BCUT2D eigenvalue weighted by molar-refractivity contribution is 0.103. The fourth-order valence-electron chi connectivity index (χ4n) is 2.44. The molecule has 3 rings (SSSR count). The first kappa shape index (κ1) is 15.7. The molecular formula is C19H16N2O3. The maximum absolute atomic E-state index is 12.8. The highest BCUT2D eigenvalue weighted by atomic mass is 16.5. The summed E-state index contributed by atoms with van der Waals surface area (Å²) in [6.45, 7) is 0.290. The summed E-state index contributed by atoms with van der Waals surface area (Å²) in [6.07, 6.45) is 1.40. The highest BCUT2D eigenvalue weighted by Crippen LogP contribution is 2.17. The highest BCUT2D eigenvalue weighted by molar-refractivity contribution is 6.10. The van der Waals surface area contributed by atoms with Gasteiger partial charge in [-0.2, -0.15) is 5.10 Å². The van der Waals surface area contributed by atoms with Gasteiger partial charge in [-0.3, -0.25) is 9.59 Å². The monoisotopic (exact) mass is 320 g/mol. The molecule has 0 fully saturated rings. The van der Waals surface area contributed by atoms with Crippen molar-refractivity contribution in [1.29, 1.82) is 0 Å². The van der Waals surface area contributed by atoms with E-state index in [4.69, 9.17) is 4.74 Å². The van der Waals surface area contributed by atoms with Crippen molar-refractivity contribution in [3.05, 3.63) is 93.9 Å². The number of rotatable bonds is 5. The van der Waals surface area contributed by atoms with E-state index in [9.17, 15) is 9.59 Å². The molecule has 0 saturated heterocycles. The Morgan fingerprint density at radius 2 is 1.67 bits per heavy atom. The summed E-state index contributed by atoms with van der Waals surface area (Å²) in [5, 5.41) is 4.11. The molecule has 0 spiro atoms. The predicted molar refractivity (Wildman–Crippen MR) is 90.5 cm³/mol.